The van der Waals surface area contributed by atoms with Crippen molar-refractivity contribution < 1.29 is 42.9 Å². The van der Waals surface area contributed by atoms with E-state index in [9.17, 15) is 19.2 Å². The highest BCUT2D eigenvalue weighted by molar-refractivity contribution is 5.92. The minimum atomic E-state index is -1.42. The average molecular weight is 579 g/mol. The minimum absolute atomic E-state index is 0.0774. The zero-order valence-electron chi connectivity index (χ0n) is 22.8. The topological polar surface area (TPSA) is 114 Å². The molecule has 0 amide bonds. The molecule has 1 heterocycles. The molecule has 0 aliphatic carbocycles. The molecular formula is C34H26O9. The Morgan fingerprint density at radius 2 is 0.977 bits per heavy atom. The quantitative estimate of drug-likeness (QED) is 0.190. The molecule has 1 aliphatic rings. The van der Waals surface area contributed by atoms with Gasteiger partial charge < -0.3 is 23.7 Å². The third-order valence-electron chi connectivity index (χ3n) is 6.36. The van der Waals surface area contributed by atoms with Crippen molar-refractivity contribution >= 4 is 23.9 Å². The van der Waals surface area contributed by atoms with Gasteiger partial charge in [-0.1, -0.05) is 72.8 Å². The number of esters is 4. The Hall–Kier alpha value is -5.70. The van der Waals surface area contributed by atoms with Gasteiger partial charge in [0.05, 0.1) is 22.3 Å². The van der Waals surface area contributed by atoms with Gasteiger partial charge in [0.2, 0.25) is 6.10 Å². The summed E-state index contributed by atoms with van der Waals surface area (Å²) in [6.07, 6.45) is -2.64. The van der Waals surface area contributed by atoms with Crippen LogP contribution in [0.1, 0.15) is 41.4 Å². The number of hydrogen-bond acceptors (Lipinski definition) is 9. The third kappa shape index (κ3) is 7.34. The van der Waals surface area contributed by atoms with Crippen LogP contribution in [-0.4, -0.2) is 49.3 Å². The van der Waals surface area contributed by atoms with Gasteiger partial charge in [0.1, 0.15) is 6.61 Å². The summed E-state index contributed by atoms with van der Waals surface area (Å²) in [4.78, 5) is 52.1. The number of ether oxygens (including phenoxy) is 5. The molecule has 9 nitrogen and oxygen atoms in total. The second kappa shape index (κ2) is 13.8. The highest BCUT2D eigenvalue weighted by Crippen LogP contribution is 2.29. The molecule has 0 radical (unpaired) electrons. The molecule has 1 aliphatic heterocycles. The zero-order chi connectivity index (χ0) is 30.0. The molecule has 0 fully saturated rings. The van der Waals surface area contributed by atoms with Crippen LogP contribution in [0.5, 0.6) is 0 Å². The van der Waals surface area contributed by atoms with Crippen LogP contribution in [0.3, 0.4) is 0 Å². The highest BCUT2D eigenvalue weighted by Gasteiger charge is 2.42. The number of benzene rings is 4. The lowest BCUT2D eigenvalue weighted by molar-refractivity contribution is -0.0810. The molecule has 216 valence electrons. The van der Waals surface area contributed by atoms with Crippen LogP contribution >= 0.6 is 0 Å². The number of rotatable bonds is 9. The number of hydrogen-bond donors (Lipinski definition) is 0. The lowest BCUT2D eigenvalue weighted by Crippen LogP contribution is -2.45. The molecule has 0 N–H and O–H groups in total. The summed E-state index contributed by atoms with van der Waals surface area (Å²) in [5.74, 6) is -3.25. The fourth-order valence-corrected chi connectivity index (χ4v) is 4.18. The summed E-state index contributed by atoms with van der Waals surface area (Å²) in [6.45, 7) is -0.736. The second-order valence-electron chi connectivity index (χ2n) is 9.30. The number of carbonyl (C=O) groups excluding carboxylic acids is 4. The molecule has 0 unspecified atom stereocenters. The lowest BCUT2D eigenvalue weighted by atomic mass is 10.1. The van der Waals surface area contributed by atoms with E-state index in [1.54, 1.807) is 121 Å². The van der Waals surface area contributed by atoms with Gasteiger partial charge in [0.25, 0.3) is 0 Å². The van der Waals surface area contributed by atoms with Crippen LogP contribution in [0.15, 0.2) is 133 Å². The molecule has 0 saturated carbocycles. The van der Waals surface area contributed by atoms with Gasteiger partial charge in [-0.05, 0) is 48.5 Å². The predicted octanol–water partition coefficient (Wildman–Crippen LogP) is 5.39. The Kier molecular flexibility index (Phi) is 9.23. The van der Waals surface area contributed by atoms with E-state index < -0.39 is 42.7 Å². The molecular weight excluding hydrogens is 552 g/mol. The molecule has 0 saturated heterocycles. The fraction of sp³-hybridized carbons (Fsp3) is 0.118. The van der Waals surface area contributed by atoms with E-state index in [1.807, 2.05) is 0 Å². The molecule has 9 heteroatoms. The van der Waals surface area contributed by atoms with Crippen molar-refractivity contribution in [1.82, 2.24) is 0 Å². The molecule has 2 atom stereocenters. The fourth-order valence-electron chi connectivity index (χ4n) is 4.18. The molecule has 4 aromatic carbocycles. The van der Waals surface area contributed by atoms with E-state index in [4.69, 9.17) is 23.7 Å². The van der Waals surface area contributed by atoms with E-state index in [1.165, 1.54) is 0 Å². The summed E-state index contributed by atoms with van der Waals surface area (Å²) in [7, 11) is 0. The summed E-state index contributed by atoms with van der Waals surface area (Å²) >= 11 is 0. The lowest BCUT2D eigenvalue weighted by Gasteiger charge is -2.33. The van der Waals surface area contributed by atoms with Crippen molar-refractivity contribution in [2.24, 2.45) is 0 Å². The second-order valence-corrected chi connectivity index (χ2v) is 9.30. The van der Waals surface area contributed by atoms with Gasteiger partial charge in [-0.3, -0.25) is 0 Å². The summed E-state index contributed by atoms with van der Waals surface area (Å²) in [5, 5.41) is 0. The van der Waals surface area contributed by atoms with E-state index in [2.05, 4.69) is 0 Å². The van der Waals surface area contributed by atoms with E-state index in [0.29, 0.717) is 5.56 Å². The molecule has 0 spiro atoms. The van der Waals surface area contributed by atoms with Crippen molar-refractivity contribution in [3.8, 4) is 0 Å². The standard InChI is InChI=1S/C34H26O9/c35-31(23-13-5-1-6-14-23)40-21-27-29(42-33(37)25-17-9-3-10-18-25)30(43-34(38)26-19-11-4-12-20-26)28(22-39-27)41-32(36)24-15-7-2-8-16-24/h1-20,28,30H,21-22H2/t28-,30-/m1/s1. The van der Waals surface area contributed by atoms with Crippen LogP contribution in [0.2, 0.25) is 0 Å². The van der Waals surface area contributed by atoms with Gasteiger partial charge >= 0.3 is 23.9 Å². The van der Waals surface area contributed by atoms with E-state index in [0.717, 1.165) is 0 Å². The highest BCUT2D eigenvalue weighted by atomic mass is 16.6. The average Bonchev–Trinajstić information content (AvgIpc) is 3.07. The van der Waals surface area contributed by atoms with Crippen LogP contribution in [-0.2, 0) is 23.7 Å². The first kappa shape index (κ1) is 28.8. The monoisotopic (exact) mass is 578 g/mol. The molecule has 0 aromatic heterocycles. The van der Waals surface area contributed by atoms with Crippen LogP contribution in [0, 0.1) is 0 Å². The normalized spacial score (nSPS) is 15.9. The van der Waals surface area contributed by atoms with E-state index in [-0.39, 0.29) is 34.8 Å². The molecule has 43 heavy (non-hydrogen) atoms. The molecule has 4 aromatic rings. The van der Waals surface area contributed by atoms with Gasteiger partial charge in [0, 0.05) is 0 Å². The van der Waals surface area contributed by atoms with Crippen molar-refractivity contribution in [3.05, 3.63) is 155 Å². The Morgan fingerprint density at radius 1 is 0.558 bits per heavy atom. The van der Waals surface area contributed by atoms with Crippen LogP contribution in [0.25, 0.3) is 0 Å². The first-order valence-corrected chi connectivity index (χ1v) is 13.4. The Morgan fingerprint density at radius 3 is 1.47 bits per heavy atom. The Bertz CT molecular complexity index is 1600. The summed E-state index contributed by atoms with van der Waals surface area (Å²) in [5.41, 5.74) is 0.966. The first-order valence-electron chi connectivity index (χ1n) is 13.4. The number of carbonyl (C=O) groups is 4. The Labute approximate surface area is 247 Å². The predicted molar refractivity (Wildman–Crippen MR) is 153 cm³/mol. The summed E-state index contributed by atoms with van der Waals surface area (Å²) in [6, 6.07) is 32.8. The maximum atomic E-state index is 13.2. The van der Waals surface area contributed by atoms with Crippen molar-refractivity contribution in [1.29, 1.82) is 0 Å². The van der Waals surface area contributed by atoms with Crippen molar-refractivity contribution in [3.63, 3.8) is 0 Å². The van der Waals surface area contributed by atoms with Crippen LogP contribution < -0.4 is 0 Å². The molecule has 0 bridgehead atoms. The maximum absolute atomic E-state index is 13.2. The smallest absolute Gasteiger partial charge is 0.343 e. The van der Waals surface area contributed by atoms with Gasteiger partial charge in [-0.2, -0.15) is 0 Å². The maximum Gasteiger partial charge on any atom is 0.343 e. The van der Waals surface area contributed by atoms with E-state index >= 15 is 0 Å². The van der Waals surface area contributed by atoms with Crippen molar-refractivity contribution in [2.75, 3.05) is 13.2 Å². The third-order valence-corrected chi connectivity index (χ3v) is 6.36. The minimum Gasteiger partial charge on any atom is -0.487 e. The van der Waals surface area contributed by atoms with Gasteiger partial charge in [0.15, 0.2) is 24.2 Å². The zero-order valence-corrected chi connectivity index (χ0v) is 22.8. The van der Waals surface area contributed by atoms with Gasteiger partial charge in [-0.25, -0.2) is 19.2 Å². The van der Waals surface area contributed by atoms with Crippen LogP contribution in [0.4, 0.5) is 0 Å². The van der Waals surface area contributed by atoms with Gasteiger partial charge in [-0.15, -0.1) is 0 Å². The summed E-state index contributed by atoms with van der Waals surface area (Å²) < 4.78 is 28.6. The Balaban J connectivity index is 1.49. The first-order chi connectivity index (χ1) is 21.0. The van der Waals surface area contributed by atoms with Crippen molar-refractivity contribution in [2.45, 2.75) is 12.2 Å². The molecule has 5 rings (SSSR count). The largest absolute Gasteiger partial charge is 0.487 e. The SMILES string of the molecule is O=C(OCC1=C(OC(=O)c2ccccc2)[C@H](OC(=O)c2ccccc2)[C@H](OC(=O)c2ccccc2)CO1)c1ccccc1.